The fourth-order valence-corrected chi connectivity index (χ4v) is 1.66. The number of nitrogens with zero attached hydrogens (tertiary/aromatic N) is 1. The molecule has 0 radical (unpaired) electrons. The minimum Gasteiger partial charge on any atom is -0.468 e. The fourth-order valence-electron chi connectivity index (χ4n) is 1.66. The Hall–Kier alpha value is -2.05. The van der Waals surface area contributed by atoms with Gasteiger partial charge in [0.2, 0.25) is 0 Å². The zero-order chi connectivity index (χ0) is 16.2. The van der Waals surface area contributed by atoms with Gasteiger partial charge in [-0.2, -0.15) is 13.2 Å². The summed E-state index contributed by atoms with van der Waals surface area (Å²) in [5, 5.41) is 0. The van der Waals surface area contributed by atoms with Crippen LogP contribution in [0, 0.1) is 0 Å². The number of amides is 1. The van der Waals surface area contributed by atoms with Crippen LogP contribution in [0.4, 0.5) is 13.2 Å². The van der Waals surface area contributed by atoms with Crippen LogP contribution >= 0.6 is 0 Å². The van der Waals surface area contributed by atoms with Crippen molar-refractivity contribution < 1.29 is 27.5 Å². The van der Waals surface area contributed by atoms with E-state index in [4.69, 9.17) is 0 Å². The van der Waals surface area contributed by atoms with Crippen molar-refractivity contribution in [3.63, 3.8) is 0 Å². The summed E-state index contributed by atoms with van der Waals surface area (Å²) in [6, 6.07) is 3.57. The Morgan fingerprint density at radius 2 is 1.71 bits per heavy atom. The summed E-state index contributed by atoms with van der Waals surface area (Å²) < 4.78 is 41.9. The third-order valence-corrected chi connectivity index (χ3v) is 2.87. The molecule has 0 N–H and O–H groups in total. The number of hydrogen-bond donors (Lipinski definition) is 0. The largest absolute Gasteiger partial charge is 0.468 e. The standard InChI is InChI=1S/C14H16F3NO3/c1-9(2)18(8-12(19)21-3)13(20)10-4-6-11(7-5-10)14(15,16)17/h4-7,9H,8H2,1-3H3. The number of ether oxygens (including phenoxy) is 1. The molecular formula is C14H16F3NO3. The summed E-state index contributed by atoms with van der Waals surface area (Å²) in [5.74, 6) is -1.12. The van der Waals surface area contributed by atoms with Crippen molar-refractivity contribution in [3.05, 3.63) is 35.4 Å². The van der Waals surface area contributed by atoms with Gasteiger partial charge in [-0.05, 0) is 38.1 Å². The SMILES string of the molecule is COC(=O)CN(C(=O)c1ccc(C(F)(F)F)cc1)C(C)C. The predicted molar refractivity (Wildman–Crippen MR) is 69.6 cm³/mol. The average molecular weight is 303 g/mol. The van der Waals surface area contributed by atoms with Gasteiger partial charge in [0.05, 0.1) is 12.7 Å². The molecule has 1 rings (SSSR count). The Bertz CT molecular complexity index is 509. The Morgan fingerprint density at radius 1 is 1.19 bits per heavy atom. The van der Waals surface area contributed by atoms with Crippen LogP contribution in [0.3, 0.4) is 0 Å². The molecule has 0 atom stereocenters. The van der Waals surface area contributed by atoms with E-state index in [0.717, 1.165) is 24.3 Å². The Labute approximate surface area is 120 Å². The summed E-state index contributed by atoms with van der Waals surface area (Å²) in [6.45, 7) is 3.14. The third kappa shape index (κ3) is 4.47. The van der Waals surface area contributed by atoms with Gasteiger partial charge in [0.15, 0.2) is 0 Å². The van der Waals surface area contributed by atoms with Gasteiger partial charge in [-0.1, -0.05) is 0 Å². The van der Waals surface area contributed by atoms with Gasteiger partial charge < -0.3 is 9.64 Å². The topological polar surface area (TPSA) is 46.6 Å². The summed E-state index contributed by atoms with van der Waals surface area (Å²) >= 11 is 0. The molecular weight excluding hydrogens is 287 g/mol. The molecule has 0 aliphatic carbocycles. The third-order valence-electron chi connectivity index (χ3n) is 2.87. The molecule has 0 fully saturated rings. The maximum atomic E-state index is 12.5. The van der Waals surface area contributed by atoms with E-state index in [1.165, 1.54) is 12.0 Å². The lowest BCUT2D eigenvalue weighted by atomic mass is 10.1. The molecule has 0 saturated heterocycles. The number of hydrogen-bond acceptors (Lipinski definition) is 3. The van der Waals surface area contributed by atoms with Gasteiger partial charge in [-0.3, -0.25) is 9.59 Å². The van der Waals surface area contributed by atoms with Crippen LogP contribution in [0.1, 0.15) is 29.8 Å². The number of rotatable bonds is 4. The molecule has 21 heavy (non-hydrogen) atoms. The van der Waals surface area contributed by atoms with Crippen LogP contribution in [-0.2, 0) is 15.7 Å². The highest BCUT2D eigenvalue weighted by atomic mass is 19.4. The van der Waals surface area contributed by atoms with Crippen molar-refractivity contribution in [1.82, 2.24) is 4.90 Å². The van der Waals surface area contributed by atoms with E-state index >= 15 is 0 Å². The van der Waals surface area contributed by atoms with E-state index in [1.807, 2.05) is 0 Å². The van der Waals surface area contributed by atoms with Crippen molar-refractivity contribution in [2.75, 3.05) is 13.7 Å². The summed E-state index contributed by atoms with van der Waals surface area (Å²) in [5.41, 5.74) is -0.747. The second kappa shape index (κ2) is 6.60. The molecule has 116 valence electrons. The monoisotopic (exact) mass is 303 g/mol. The highest BCUT2D eigenvalue weighted by Crippen LogP contribution is 2.29. The van der Waals surface area contributed by atoms with Gasteiger partial charge >= 0.3 is 12.1 Å². The maximum Gasteiger partial charge on any atom is 0.416 e. The van der Waals surface area contributed by atoms with Crippen LogP contribution < -0.4 is 0 Å². The highest BCUT2D eigenvalue weighted by Gasteiger charge is 2.30. The molecule has 0 heterocycles. The fraction of sp³-hybridized carbons (Fsp3) is 0.429. The molecule has 4 nitrogen and oxygen atoms in total. The van der Waals surface area contributed by atoms with Gasteiger partial charge in [-0.25, -0.2) is 0 Å². The second-order valence-corrected chi connectivity index (χ2v) is 4.68. The normalized spacial score (nSPS) is 11.4. The molecule has 1 aromatic carbocycles. The van der Waals surface area contributed by atoms with E-state index in [1.54, 1.807) is 13.8 Å². The molecule has 1 amide bonds. The number of carbonyl (C=O) groups is 2. The first-order chi connectivity index (χ1) is 9.66. The second-order valence-electron chi connectivity index (χ2n) is 4.68. The summed E-state index contributed by atoms with van der Waals surface area (Å²) in [4.78, 5) is 24.7. The van der Waals surface area contributed by atoms with Crippen molar-refractivity contribution in [2.24, 2.45) is 0 Å². The quantitative estimate of drug-likeness (QED) is 0.804. The number of alkyl halides is 3. The molecule has 0 bridgehead atoms. The summed E-state index contributed by atoms with van der Waals surface area (Å²) in [7, 11) is 1.20. The lowest BCUT2D eigenvalue weighted by molar-refractivity contribution is -0.141. The Balaban J connectivity index is 2.96. The molecule has 1 aromatic rings. The number of esters is 1. The van der Waals surface area contributed by atoms with Crippen LogP contribution in [0.5, 0.6) is 0 Å². The van der Waals surface area contributed by atoms with E-state index in [-0.39, 0.29) is 18.2 Å². The molecule has 0 aliphatic heterocycles. The van der Waals surface area contributed by atoms with Crippen molar-refractivity contribution >= 4 is 11.9 Å². The number of carbonyl (C=O) groups excluding carboxylic acids is 2. The molecule has 0 saturated carbocycles. The number of halogens is 3. The molecule has 0 aliphatic rings. The van der Waals surface area contributed by atoms with E-state index in [9.17, 15) is 22.8 Å². The molecule has 0 unspecified atom stereocenters. The van der Waals surface area contributed by atoms with Crippen LogP contribution in [0.15, 0.2) is 24.3 Å². The average Bonchev–Trinajstić information content (AvgIpc) is 2.42. The predicted octanol–water partition coefficient (Wildman–Crippen LogP) is 2.73. The number of benzene rings is 1. The van der Waals surface area contributed by atoms with Gasteiger partial charge in [0.25, 0.3) is 5.91 Å². The lowest BCUT2D eigenvalue weighted by Crippen LogP contribution is -2.41. The zero-order valence-electron chi connectivity index (χ0n) is 11.9. The van der Waals surface area contributed by atoms with Gasteiger partial charge in [0.1, 0.15) is 6.54 Å². The Kier molecular flexibility index (Phi) is 5.34. The van der Waals surface area contributed by atoms with Gasteiger partial charge in [0, 0.05) is 11.6 Å². The molecule has 0 spiro atoms. The summed E-state index contributed by atoms with van der Waals surface area (Å²) in [6.07, 6.45) is -4.45. The lowest BCUT2D eigenvalue weighted by Gasteiger charge is -2.25. The van der Waals surface area contributed by atoms with Crippen molar-refractivity contribution in [1.29, 1.82) is 0 Å². The number of methoxy groups -OCH3 is 1. The van der Waals surface area contributed by atoms with Gasteiger partial charge in [-0.15, -0.1) is 0 Å². The van der Waals surface area contributed by atoms with E-state index in [0.29, 0.717) is 0 Å². The first-order valence-corrected chi connectivity index (χ1v) is 6.22. The van der Waals surface area contributed by atoms with Crippen LogP contribution in [-0.4, -0.2) is 36.5 Å². The van der Waals surface area contributed by atoms with E-state index in [2.05, 4.69) is 4.74 Å². The first kappa shape index (κ1) is 17.0. The first-order valence-electron chi connectivity index (χ1n) is 6.22. The minimum absolute atomic E-state index is 0.0839. The highest BCUT2D eigenvalue weighted by molar-refractivity contribution is 5.96. The molecule has 7 heteroatoms. The molecule has 0 aromatic heterocycles. The van der Waals surface area contributed by atoms with Crippen LogP contribution in [0.25, 0.3) is 0 Å². The van der Waals surface area contributed by atoms with Crippen LogP contribution in [0.2, 0.25) is 0 Å². The smallest absolute Gasteiger partial charge is 0.416 e. The maximum absolute atomic E-state index is 12.5. The minimum atomic E-state index is -4.45. The Morgan fingerprint density at radius 3 is 2.10 bits per heavy atom. The van der Waals surface area contributed by atoms with E-state index < -0.39 is 23.6 Å². The van der Waals surface area contributed by atoms with Crippen molar-refractivity contribution in [3.8, 4) is 0 Å². The zero-order valence-corrected chi connectivity index (χ0v) is 11.9. The van der Waals surface area contributed by atoms with Crippen molar-refractivity contribution in [2.45, 2.75) is 26.1 Å².